The second-order valence-corrected chi connectivity index (χ2v) is 6.29. The molecule has 0 radical (unpaired) electrons. The van der Waals surface area contributed by atoms with Crippen LogP contribution in [0.15, 0.2) is 22.7 Å². The average molecular weight is 320 g/mol. The largest absolute Gasteiger partial charge is 0.496 e. The van der Waals surface area contributed by atoms with E-state index in [1.54, 1.807) is 7.11 Å². The molecular formula is C12H18BrNO2S. The Balaban J connectivity index is 2.73. The van der Waals surface area contributed by atoms with E-state index in [1.807, 2.05) is 25.1 Å². The zero-order chi connectivity index (χ0) is 12.8. The van der Waals surface area contributed by atoms with E-state index in [9.17, 15) is 4.21 Å². The Bertz CT molecular complexity index is 398. The van der Waals surface area contributed by atoms with Gasteiger partial charge in [0.05, 0.1) is 12.9 Å². The maximum Gasteiger partial charge on any atom is 0.123 e. The van der Waals surface area contributed by atoms with Crippen LogP contribution in [0.2, 0.25) is 0 Å². The maximum atomic E-state index is 11.9. The predicted octanol–water partition coefficient (Wildman–Crippen LogP) is 2.44. The molecule has 1 aromatic rings. The summed E-state index contributed by atoms with van der Waals surface area (Å²) in [5, 5.41) is 0. The monoisotopic (exact) mass is 319 g/mol. The molecule has 0 spiro atoms. The highest BCUT2D eigenvalue weighted by Gasteiger charge is 2.11. The smallest absolute Gasteiger partial charge is 0.123 e. The first-order valence-electron chi connectivity index (χ1n) is 5.49. The van der Waals surface area contributed by atoms with Crippen molar-refractivity contribution in [2.45, 2.75) is 25.1 Å². The zero-order valence-electron chi connectivity index (χ0n) is 10.1. The molecule has 2 atom stereocenters. The van der Waals surface area contributed by atoms with Crippen LogP contribution in [0.3, 0.4) is 0 Å². The summed E-state index contributed by atoms with van der Waals surface area (Å²) < 4.78 is 18.1. The van der Waals surface area contributed by atoms with E-state index in [1.165, 1.54) is 0 Å². The van der Waals surface area contributed by atoms with E-state index in [-0.39, 0.29) is 6.04 Å². The molecule has 2 unspecified atom stereocenters. The van der Waals surface area contributed by atoms with Gasteiger partial charge in [-0.1, -0.05) is 22.9 Å². The summed E-state index contributed by atoms with van der Waals surface area (Å²) in [6.07, 6.45) is 0.849. The average Bonchev–Trinajstić information content (AvgIpc) is 2.29. The quantitative estimate of drug-likeness (QED) is 0.876. The van der Waals surface area contributed by atoms with E-state index in [0.29, 0.717) is 11.5 Å². The Morgan fingerprint density at radius 2 is 2.24 bits per heavy atom. The third-order valence-corrected chi connectivity index (χ3v) is 4.41. The molecule has 0 aliphatic rings. The van der Waals surface area contributed by atoms with Crippen molar-refractivity contribution < 1.29 is 8.95 Å². The number of methoxy groups -OCH3 is 1. The first-order chi connectivity index (χ1) is 8.06. The molecule has 0 aliphatic carbocycles. The minimum atomic E-state index is -0.947. The van der Waals surface area contributed by atoms with Gasteiger partial charge >= 0.3 is 0 Å². The van der Waals surface area contributed by atoms with Crippen LogP contribution < -0.4 is 10.5 Å². The summed E-state index contributed by atoms with van der Waals surface area (Å²) in [4.78, 5) is 0. The van der Waals surface area contributed by atoms with E-state index in [4.69, 9.17) is 10.5 Å². The summed E-state index contributed by atoms with van der Waals surface area (Å²) >= 11 is 3.40. The van der Waals surface area contributed by atoms with Crippen LogP contribution in [0.1, 0.15) is 18.9 Å². The number of hydrogen-bond donors (Lipinski definition) is 1. The van der Waals surface area contributed by atoms with Crippen LogP contribution in [0.25, 0.3) is 0 Å². The summed E-state index contributed by atoms with van der Waals surface area (Å²) in [5.74, 6) is 1.79. The number of halogens is 1. The molecule has 3 nitrogen and oxygen atoms in total. The Kier molecular flexibility index (Phi) is 6.16. The number of ether oxygens (including phenoxy) is 1. The topological polar surface area (TPSA) is 52.3 Å². The van der Waals surface area contributed by atoms with E-state index in [2.05, 4.69) is 15.9 Å². The molecule has 0 saturated carbocycles. The fourth-order valence-electron chi connectivity index (χ4n) is 1.45. The van der Waals surface area contributed by atoms with Crippen molar-refractivity contribution in [1.82, 2.24) is 0 Å². The van der Waals surface area contributed by atoms with Crippen LogP contribution in [-0.2, 0) is 16.6 Å². The van der Waals surface area contributed by atoms with E-state index < -0.39 is 10.8 Å². The van der Waals surface area contributed by atoms with Gasteiger partial charge in [0.25, 0.3) is 0 Å². The highest BCUT2D eigenvalue weighted by atomic mass is 79.9. The van der Waals surface area contributed by atoms with Gasteiger partial charge in [-0.15, -0.1) is 0 Å². The number of benzene rings is 1. The molecule has 1 aromatic carbocycles. The van der Waals surface area contributed by atoms with E-state index in [0.717, 1.165) is 22.2 Å². The number of rotatable bonds is 6. The van der Waals surface area contributed by atoms with Gasteiger partial charge in [-0.2, -0.15) is 0 Å². The second kappa shape index (κ2) is 7.13. The van der Waals surface area contributed by atoms with Crippen molar-refractivity contribution in [3.63, 3.8) is 0 Å². The molecule has 0 aliphatic heterocycles. The van der Waals surface area contributed by atoms with Crippen LogP contribution in [0.5, 0.6) is 5.75 Å². The SMILES string of the molecule is CCC(N)CS(=O)Cc1cc(Br)ccc1OC. The van der Waals surface area contributed by atoms with Crippen molar-refractivity contribution in [2.24, 2.45) is 5.73 Å². The van der Waals surface area contributed by atoms with Gasteiger partial charge in [0.2, 0.25) is 0 Å². The zero-order valence-corrected chi connectivity index (χ0v) is 12.5. The molecule has 0 bridgehead atoms. The number of nitrogens with two attached hydrogens (primary N) is 1. The fraction of sp³-hybridized carbons (Fsp3) is 0.500. The minimum Gasteiger partial charge on any atom is -0.496 e. The van der Waals surface area contributed by atoms with Gasteiger partial charge in [-0.05, 0) is 24.6 Å². The van der Waals surface area contributed by atoms with Crippen molar-refractivity contribution in [3.05, 3.63) is 28.2 Å². The van der Waals surface area contributed by atoms with Gasteiger partial charge < -0.3 is 10.5 Å². The third-order valence-electron chi connectivity index (χ3n) is 2.48. The van der Waals surface area contributed by atoms with Gasteiger partial charge in [-0.3, -0.25) is 4.21 Å². The molecule has 17 heavy (non-hydrogen) atoms. The molecule has 2 N–H and O–H groups in total. The summed E-state index contributed by atoms with van der Waals surface area (Å²) in [7, 11) is 0.672. The normalized spacial score (nSPS) is 14.4. The molecule has 1 rings (SSSR count). The van der Waals surface area contributed by atoms with Crippen LogP contribution in [0.4, 0.5) is 0 Å². The minimum absolute atomic E-state index is 0.00832. The van der Waals surface area contributed by atoms with Crippen molar-refractivity contribution in [1.29, 1.82) is 0 Å². The molecule has 96 valence electrons. The summed E-state index contributed by atoms with van der Waals surface area (Å²) in [5.41, 5.74) is 6.74. The number of hydrogen-bond acceptors (Lipinski definition) is 3. The Morgan fingerprint density at radius 1 is 1.53 bits per heavy atom. The van der Waals surface area contributed by atoms with Crippen LogP contribution >= 0.6 is 15.9 Å². The van der Waals surface area contributed by atoms with Crippen LogP contribution in [0, 0.1) is 0 Å². The molecule has 0 aromatic heterocycles. The standard InChI is InChI=1S/C12H18BrNO2S/c1-3-11(14)8-17(15)7-9-6-10(13)4-5-12(9)16-2/h4-6,11H,3,7-8,14H2,1-2H3. The second-order valence-electron chi connectivity index (χ2n) is 3.88. The molecule has 0 amide bonds. The molecular weight excluding hydrogens is 302 g/mol. The summed E-state index contributed by atoms with van der Waals surface area (Å²) in [6.45, 7) is 2.00. The lowest BCUT2D eigenvalue weighted by Gasteiger charge is -2.11. The molecule has 0 heterocycles. The lowest BCUT2D eigenvalue weighted by Crippen LogP contribution is -2.26. The predicted molar refractivity (Wildman–Crippen MR) is 75.7 cm³/mol. The highest BCUT2D eigenvalue weighted by molar-refractivity contribution is 9.10. The lowest BCUT2D eigenvalue weighted by atomic mass is 10.2. The van der Waals surface area contributed by atoms with Crippen LogP contribution in [-0.4, -0.2) is 23.1 Å². The Hall–Kier alpha value is -0.390. The van der Waals surface area contributed by atoms with Gasteiger partial charge in [0, 0.05) is 32.6 Å². The lowest BCUT2D eigenvalue weighted by molar-refractivity contribution is 0.411. The first kappa shape index (κ1) is 14.7. The van der Waals surface area contributed by atoms with E-state index >= 15 is 0 Å². The maximum absolute atomic E-state index is 11.9. The van der Waals surface area contributed by atoms with Crippen molar-refractivity contribution in [3.8, 4) is 5.75 Å². The Morgan fingerprint density at radius 3 is 2.82 bits per heavy atom. The molecule has 0 fully saturated rings. The van der Waals surface area contributed by atoms with Gasteiger partial charge in [0.15, 0.2) is 0 Å². The first-order valence-corrected chi connectivity index (χ1v) is 7.77. The van der Waals surface area contributed by atoms with Crippen molar-refractivity contribution >= 4 is 26.7 Å². The third kappa shape index (κ3) is 4.77. The van der Waals surface area contributed by atoms with Gasteiger partial charge in [0.1, 0.15) is 5.75 Å². The Labute approximate surface area is 113 Å². The fourth-order valence-corrected chi connectivity index (χ4v) is 3.26. The molecule has 0 saturated heterocycles. The van der Waals surface area contributed by atoms with Gasteiger partial charge in [-0.25, -0.2) is 0 Å². The van der Waals surface area contributed by atoms with Crippen molar-refractivity contribution in [2.75, 3.05) is 12.9 Å². The highest BCUT2D eigenvalue weighted by Crippen LogP contribution is 2.24. The summed E-state index contributed by atoms with van der Waals surface area (Å²) in [6, 6.07) is 5.72. The molecule has 5 heteroatoms.